The molecule has 1 N–H and O–H groups in total. The van der Waals surface area contributed by atoms with Crippen molar-refractivity contribution in [3.8, 4) is 11.1 Å². The van der Waals surface area contributed by atoms with Crippen LogP contribution >= 0.6 is 11.3 Å². The number of benzene rings is 1. The second-order valence-corrected chi connectivity index (χ2v) is 7.37. The van der Waals surface area contributed by atoms with Gasteiger partial charge in [0.15, 0.2) is 0 Å². The van der Waals surface area contributed by atoms with Crippen molar-refractivity contribution in [1.82, 2.24) is 9.97 Å². The van der Waals surface area contributed by atoms with Crippen molar-refractivity contribution >= 4 is 33.3 Å². The Kier molecular flexibility index (Phi) is 4.13. The fourth-order valence-corrected chi connectivity index (χ4v) is 4.33. The maximum absolute atomic E-state index is 11.4. The van der Waals surface area contributed by atoms with Crippen LogP contribution in [-0.2, 0) is 4.79 Å². The van der Waals surface area contributed by atoms with Gasteiger partial charge in [-0.25, -0.2) is 9.97 Å². The highest BCUT2D eigenvalue weighted by Crippen LogP contribution is 2.38. The minimum absolute atomic E-state index is 0.333. The molecule has 1 fully saturated rings. The van der Waals surface area contributed by atoms with E-state index in [1.54, 1.807) is 17.7 Å². The summed E-state index contributed by atoms with van der Waals surface area (Å²) in [4.78, 5) is 23.4. The molecular weight excluding hydrogens is 334 g/mol. The van der Waals surface area contributed by atoms with Crippen molar-refractivity contribution < 1.29 is 9.90 Å². The van der Waals surface area contributed by atoms with Crippen molar-refractivity contribution in [1.29, 1.82) is 0 Å². The van der Waals surface area contributed by atoms with Gasteiger partial charge in [0.05, 0.1) is 11.3 Å². The summed E-state index contributed by atoms with van der Waals surface area (Å²) in [5, 5.41) is 12.5. The fourth-order valence-electron chi connectivity index (χ4n) is 3.42. The number of carbonyl (C=O) groups is 1. The number of piperidine rings is 1. The molecule has 0 aliphatic carbocycles. The molecule has 128 valence electrons. The molecule has 5 nitrogen and oxygen atoms in total. The van der Waals surface area contributed by atoms with Crippen LogP contribution in [0.5, 0.6) is 0 Å². The Labute approximate surface area is 150 Å². The number of anilines is 1. The van der Waals surface area contributed by atoms with Crippen LogP contribution < -0.4 is 4.90 Å². The van der Waals surface area contributed by atoms with Crippen LogP contribution in [0.25, 0.3) is 21.3 Å². The molecule has 3 aromatic rings. The highest BCUT2D eigenvalue weighted by atomic mass is 32.1. The summed E-state index contributed by atoms with van der Waals surface area (Å²) in [6, 6.07) is 8.43. The molecule has 1 aliphatic heterocycles. The summed E-state index contributed by atoms with van der Waals surface area (Å²) in [7, 11) is 0. The predicted molar refractivity (Wildman–Crippen MR) is 100 cm³/mol. The monoisotopic (exact) mass is 353 g/mol. The number of carboxylic acid groups (broad SMARTS) is 1. The van der Waals surface area contributed by atoms with Gasteiger partial charge in [0.1, 0.15) is 17.0 Å². The zero-order valence-electron chi connectivity index (χ0n) is 14.0. The van der Waals surface area contributed by atoms with Gasteiger partial charge in [-0.1, -0.05) is 29.8 Å². The number of carboxylic acids is 1. The van der Waals surface area contributed by atoms with Crippen LogP contribution in [0.3, 0.4) is 0 Å². The molecule has 0 radical (unpaired) electrons. The third-order valence-corrected chi connectivity index (χ3v) is 5.67. The van der Waals surface area contributed by atoms with Crippen LogP contribution in [0.15, 0.2) is 36.0 Å². The minimum atomic E-state index is -0.723. The summed E-state index contributed by atoms with van der Waals surface area (Å²) in [5.74, 6) is -0.202. The van der Waals surface area contributed by atoms with Gasteiger partial charge in [0.25, 0.3) is 0 Å². The van der Waals surface area contributed by atoms with Crippen LogP contribution in [0, 0.1) is 12.8 Å². The van der Waals surface area contributed by atoms with E-state index in [9.17, 15) is 9.90 Å². The highest BCUT2D eigenvalue weighted by Gasteiger charge is 2.28. The van der Waals surface area contributed by atoms with E-state index in [-0.39, 0.29) is 5.92 Å². The molecule has 0 amide bonds. The largest absolute Gasteiger partial charge is 0.481 e. The van der Waals surface area contributed by atoms with E-state index in [1.807, 2.05) is 0 Å². The second kappa shape index (κ2) is 6.44. The van der Waals surface area contributed by atoms with E-state index in [0.717, 1.165) is 46.5 Å². The Balaban J connectivity index is 1.80. The molecule has 0 saturated carbocycles. The van der Waals surface area contributed by atoms with Gasteiger partial charge in [-0.15, -0.1) is 11.3 Å². The topological polar surface area (TPSA) is 66.3 Å². The van der Waals surface area contributed by atoms with Crippen LogP contribution in [0.1, 0.15) is 18.4 Å². The molecule has 2 aromatic heterocycles. The molecule has 1 unspecified atom stereocenters. The van der Waals surface area contributed by atoms with E-state index in [2.05, 4.69) is 51.4 Å². The van der Waals surface area contributed by atoms with Crippen molar-refractivity contribution in [2.45, 2.75) is 19.8 Å². The predicted octanol–water partition coefficient (Wildman–Crippen LogP) is 3.97. The Bertz CT molecular complexity index is 920. The average molecular weight is 353 g/mol. The lowest BCUT2D eigenvalue weighted by atomic mass is 9.97. The lowest BCUT2D eigenvalue weighted by Crippen LogP contribution is -2.39. The number of aryl methyl sites for hydroxylation is 1. The zero-order chi connectivity index (χ0) is 17.4. The quantitative estimate of drug-likeness (QED) is 0.772. The lowest BCUT2D eigenvalue weighted by Gasteiger charge is -2.32. The van der Waals surface area contributed by atoms with Gasteiger partial charge < -0.3 is 10.0 Å². The lowest BCUT2D eigenvalue weighted by molar-refractivity contribution is -0.141. The standard InChI is InChI=1S/C19H19N3O2S/c1-12-4-6-13(7-5-12)15-10-25-18-16(15)17(20-11-21-18)22-8-2-3-14(9-22)19(23)24/h4-7,10-11,14H,2-3,8-9H2,1H3,(H,23,24). The maximum Gasteiger partial charge on any atom is 0.308 e. The van der Waals surface area contributed by atoms with Crippen LogP contribution in [0.2, 0.25) is 0 Å². The van der Waals surface area contributed by atoms with Crippen LogP contribution in [-0.4, -0.2) is 34.1 Å². The molecule has 1 saturated heterocycles. The number of rotatable bonds is 3. The van der Waals surface area contributed by atoms with E-state index in [4.69, 9.17) is 0 Å². The smallest absolute Gasteiger partial charge is 0.308 e. The Morgan fingerprint density at radius 2 is 2.08 bits per heavy atom. The van der Waals surface area contributed by atoms with Crippen LogP contribution in [0.4, 0.5) is 5.82 Å². The molecule has 6 heteroatoms. The molecule has 4 rings (SSSR count). The van der Waals surface area contributed by atoms with Gasteiger partial charge >= 0.3 is 5.97 Å². The number of hydrogen-bond donors (Lipinski definition) is 1. The summed E-state index contributed by atoms with van der Waals surface area (Å²) in [6.45, 7) is 3.41. The molecule has 25 heavy (non-hydrogen) atoms. The van der Waals surface area contributed by atoms with E-state index < -0.39 is 5.97 Å². The van der Waals surface area contributed by atoms with Gasteiger partial charge in [0.2, 0.25) is 0 Å². The molecule has 1 atom stereocenters. The first-order valence-electron chi connectivity index (χ1n) is 8.40. The first kappa shape index (κ1) is 16.0. The number of nitrogens with zero attached hydrogens (tertiary/aromatic N) is 3. The van der Waals surface area contributed by atoms with Gasteiger partial charge in [-0.2, -0.15) is 0 Å². The van der Waals surface area contributed by atoms with Crippen molar-refractivity contribution in [3.05, 3.63) is 41.5 Å². The number of aliphatic carboxylic acids is 1. The number of aromatic nitrogens is 2. The zero-order valence-corrected chi connectivity index (χ0v) is 14.8. The number of thiophene rings is 1. The normalized spacial score (nSPS) is 17.8. The van der Waals surface area contributed by atoms with E-state index in [1.165, 1.54) is 5.56 Å². The Morgan fingerprint density at radius 3 is 2.84 bits per heavy atom. The summed E-state index contributed by atoms with van der Waals surface area (Å²) < 4.78 is 0. The number of hydrogen-bond acceptors (Lipinski definition) is 5. The van der Waals surface area contributed by atoms with Gasteiger partial charge in [-0.05, 0) is 25.3 Å². The average Bonchev–Trinajstić information content (AvgIpc) is 3.06. The Morgan fingerprint density at radius 1 is 1.28 bits per heavy atom. The van der Waals surface area contributed by atoms with E-state index >= 15 is 0 Å². The maximum atomic E-state index is 11.4. The molecular formula is C19H19N3O2S. The first-order chi connectivity index (χ1) is 12.1. The molecule has 1 aromatic carbocycles. The fraction of sp³-hybridized carbons (Fsp3) is 0.316. The first-order valence-corrected chi connectivity index (χ1v) is 9.28. The molecule has 1 aliphatic rings. The summed E-state index contributed by atoms with van der Waals surface area (Å²) in [5.41, 5.74) is 3.48. The van der Waals surface area contributed by atoms with Crippen molar-refractivity contribution in [2.24, 2.45) is 5.92 Å². The third-order valence-electron chi connectivity index (χ3n) is 4.78. The Hall–Kier alpha value is -2.47. The molecule has 3 heterocycles. The van der Waals surface area contributed by atoms with Crippen molar-refractivity contribution in [2.75, 3.05) is 18.0 Å². The van der Waals surface area contributed by atoms with Crippen molar-refractivity contribution in [3.63, 3.8) is 0 Å². The van der Waals surface area contributed by atoms with E-state index in [0.29, 0.717) is 6.54 Å². The SMILES string of the molecule is Cc1ccc(-c2csc3ncnc(N4CCCC(C(=O)O)C4)c23)cc1. The summed E-state index contributed by atoms with van der Waals surface area (Å²) in [6.07, 6.45) is 3.18. The third kappa shape index (κ3) is 2.98. The highest BCUT2D eigenvalue weighted by molar-refractivity contribution is 7.17. The van der Waals surface area contributed by atoms with Gasteiger partial charge in [-0.3, -0.25) is 4.79 Å². The molecule has 0 spiro atoms. The second-order valence-electron chi connectivity index (χ2n) is 6.52. The number of fused-ring (bicyclic) bond motifs is 1. The molecule has 0 bridgehead atoms. The van der Waals surface area contributed by atoms with Gasteiger partial charge in [0, 0.05) is 24.0 Å². The minimum Gasteiger partial charge on any atom is -0.481 e. The summed E-state index contributed by atoms with van der Waals surface area (Å²) >= 11 is 1.60.